The Morgan fingerprint density at radius 3 is 2.65 bits per heavy atom. The minimum absolute atomic E-state index is 0.244. The number of aromatic nitrogens is 1. The lowest BCUT2D eigenvalue weighted by Crippen LogP contribution is -2.14. The summed E-state index contributed by atoms with van der Waals surface area (Å²) in [5, 5.41) is 3.01. The first-order valence-electron chi connectivity index (χ1n) is 10.1. The molecule has 0 aliphatic heterocycles. The molecule has 0 aliphatic rings. The highest BCUT2D eigenvalue weighted by atomic mass is 79.9. The molecule has 1 heterocycles. The SMILES string of the molecule is CCc1ccc2oc(-c3ccc(C)c(NC(=O)c4cc(Br)cc(C)c4OC)c3)nc2c1. The number of methoxy groups -OCH3 is 1. The van der Waals surface area contributed by atoms with E-state index in [0.29, 0.717) is 22.9 Å². The van der Waals surface area contributed by atoms with E-state index in [9.17, 15) is 4.79 Å². The molecule has 1 amide bonds. The first kappa shape index (κ1) is 21.1. The third-order valence-electron chi connectivity index (χ3n) is 5.28. The standard InChI is InChI=1S/C25H23BrN2O3/c1-5-16-7-9-22-21(11-16)28-25(31-22)17-8-6-14(2)20(12-17)27-24(29)19-13-18(26)10-15(3)23(19)30-4/h6-13H,5H2,1-4H3,(H,27,29). The average Bonchev–Trinajstić information content (AvgIpc) is 3.18. The Morgan fingerprint density at radius 1 is 1.10 bits per heavy atom. The highest BCUT2D eigenvalue weighted by Crippen LogP contribution is 2.31. The second-order valence-electron chi connectivity index (χ2n) is 7.46. The van der Waals surface area contributed by atoms with Gasteiger partial charge < -0.3 is 14.5 Å². The number of anilines is 1. The molecule has 0 spiro atoms. The molecular weight excluding hydrogens is 456 g/mol. The zero-order chi connectivity index (χ0) is 22.1. The molecule has 4 rings (SSSR count). The van der Waals surface area contributed by atoms with Gasteiger partial charge in [0, 0.05) is 15.7 Å². The van der Waals surface area contributed by atoms with Crippen molar-refractivity contribution >= 4 is 38.6 Å². The molecule has 0 saturated carbocycles. The summed E-state index contributed by atoms with van der Waals surface area (Å²) >= 11 is 3.46. The number of ether oxygens (including phenoxy) is 1. The summed E-state index contributed by atoms with van der Waals surface area (Å²) in [6.07, 6.45) is 0.942. The van der Waals surface area contributed by atoms with E-state index in [4.69, 9.17) is 9.15 Å². The molecule has 1 aromatic heterocycles. The molecule has 31 heavy (non-hydrogen) atoms. The Morgan fingerprint density at radius 2 is 1.90 bits per heavy atom. The fourth-order valence-electron chi connectivity index (χ4n) is 3.57. The van der Waals surface area contributed by atoms with Gasteiger partial charge in [0.25, 0.3) is 5.91 Å². The Kier molecular flexibility index (Phi) is 5.83. The number of rotatable bonds is 5. The maximum absolute atomic E-state index is 13.1. The average molecular weight is 479 g/mol. The van der Waals surface area contributed by atoms with Crippen molar-refractivity contribution in [2.24, 2.45) is 0 Å². The fraction of sp³-hybridized carbons (Fsp3) is 0.200. The van der Waals surface area contributed by atoms with Crippen LogP contribution in [-0.2, 0) is 6.42 Å². The number of nitrogens with zero attached hydrogens (tertiary/aromatic N) is 1. The number of oxazole rings is 1. The lowest BCUT2D eigenvalue weighted by atomic mass is 10.1. The maximum atomic E-state index is 13.1. The van der Waals surface area contributed by atoms with Crippen LogP contribution >= 0.6 is 15.9 Å². The van der Waals surface area contributed by atoms with E-state index < -0.39 is 0 Å². The smallest absolute Gasteiger partial charge is 0.259 e. The van der Waals surface area contributed by atoms with Crippen molar-refractivity contribution in [3.8, 4) is 17.2 Å². The molecule has 158 valence electrons. The number of benzene rings is 3. The van der Waals surface area contributed by atoms with Gasteiger partial charge in [0.05, 0.1) is 12.7 Å². The topological polar surface area (TPSA) is 64.4 Å². The van der Waals surface area contributed by atoms with E-state index >= 15 is 0 Å². The van der Waals surface area contributed by atoms with Gasteiger partial charge in [-0.2, -0.15) is 0 Å². The third-order valence-corrected chi connectivity index (χ3v) is 5.74. The molecule has 5 nitrogen and oxygen atoms in total. The Labute approximate surface area is 189 Å². The predicted octanol–water partition coefficient (Wildman–Crippen LogP) is 6.70. The molecule has 0 aliphatic carbocycles. The molecule has 1 N–H and O–H groups in total. The van der Waals surface area contributed by atoms with Gasteiger partial charge in [-0.15, -0.1) is 0 Å². The van der Waals surface area contributed by atoms with Crippen molar-refractivity contribution in [1.29, 1.82) is 0 Å². The van der Waals surface area contributed by atoms with Crippen LogP contribution in [-0.4, -0.2) is 18.0 Å². The van der Waals surface area contributed by atoms with Crippen molar-refractivity contribution < 1.29 is 13.9 Å². The van der Waals surface area contributed by atoms with Crippen molar-refractivity contribution in [3.05, 3.63) is 75.3 Å². The highest BCUT2D eigenvalue weighted by molar-refractivity contribution is 9.10. The molecule has 0 bridgehead atoms. The number of hydrogen-bond acceptors (Lipinski definition) is 4. The van der Waals surface area contributed by atoms with Gasteiger partial charge in [-0.05, 0) is 73.4 Å². The molecular formula is C25H23BrN2O3. The van der Waals surface area contributed by atoms with E-state index in [2.05, 4.69) is 33.2 Å². The third kappa shape index (κ3) is 4.21. The maximum Gasteiger partial charge on any atom is 0.259 e. The van der Waals surface area contributed by atoms with E-state index in [1.807, 2.05) is 56.3 Å². The number of carbonyl (C=O) groups is 1. The van der Waals surface area contributed by atoms with Crippen LogP contribution in [0.15, 0.2) is 57.4 Å². The summed E-state index contributed by atoms with van der Waals surface area (Å²) in [4.78, 5) is 17.7. The molecule has 6 heteroatoms. The van der Waals surface area contributed by atoms with Crippen molar-refractivity contribution in [3.63, 3.8) is 0 Å². The zero-order valence-corrected chi connectivity index (χ0v) is 19.5. The molecule has 0 saturated heterocycles. The minimum Gasteiger partial charge on any atom is -0.496 e. The fourth-order valence-corrected chi connectivity index (χ4v) is 4.14. The first-order valence-corrected chi connectivity index (χ1v) is 10.8. The second kappa shape index (κ2) is 8.55. The number of fused-ring (bicyclic) bond motifs is 1. The number of nitrogens with one attached hydrogen (secondary N) is 1. The van der Waals surface area contributed by atoms with Crippen LogP contribution in [0.25, 0.3) is 22.6 Å². The number of halogens is 1. The van der Waals surface area contributed by atoms with E-state index in [-0.39, 0.29) is 5.91 Å². The highest BCUT2D eigenvalue weighted by Gasteiger charge is 2.17. The van der Waals surface area contributed by atoms with E-state index in [0.717, 1.165) is 38.7 Å². The number of carbonyl (C=O) groups excluding carboxylic acids is 1. The van der Waals surface area contributed by atoms with Crippen molar-refractivity contribution in [2.45, 2.75) is 27.2 Å². The van der Waals surface area contributed by atoms with Crippen LogP contribution in [0.5, 0.6) is 5.75 Å². The van der Waals surface area contributed by atoms with Crippen LogP contribution < -0.4 is 10.1 Å². The zero-order valence-electron chi connectivity index (χ0n) is 17.9. The molecule has 0 radical (unpaired) electrons. The summed E-state index contributed by atoms with van der Waals surface area (Å²) < 4.78 is 12.2. The van der Waals surface area contributed by atoms with Crippen LogP contribution in [0.1, 0.15) is 34.0 Å². The summed E-state index contributed by atoms with van der Waals surface area (Å²) in [6, 6.07) is 15.5. The quantitative estimate of drug-likeness (QED) is 0.346. The van der Waals surface area contributed by atoms with Gasteiger partial charge in [-0.1, -0.05) is 35.0 Å². The molecule has 0 fully saturated rings. The molecule has 4 aromatic rings. The normalized spacial score (nSPS) is 11.0. The van der Waals surface area contributed by atoms with Crippen molar-refractivity contribution in [2.75, 3.05) is 12.4 Å². The summed E-state index contributed by atoms with van der Waals surface area (Å²) in [5.41, 5.74) is 6.56. The summed E-state index contributed by atoms with van der Waals surface area (Å²) in [6.45, 7) is 5.96. The van der Waals surface area contributed by atoms with Gasteiger partial charge in [0.2, 0.25) is 5.89 Å². The van der Waals surface area contributed by atoms with Crippen molar-refractivity contribution in [1.82, 2.24) is 4.98 Å². The van der Waals surface area contributed by atoms with Gasteiger partial charge >= 0.3 is 0 Å². The molecule has 0 atom stereocenters. The first-order chi connectivity index (χ1) is 14.9. The molecule has 0 unspecified atom stereocenters. The van der Waals surface area contributed by atoms with Crippen LogP contribution in [0.4, 0.5) is 5.69 Å². The van der Waals surface area contributed by atoms with E-state index in [1.54, 1.807) is 13.2 Å². The largest absolute Gasteiger partial charge is 0.496 e. The lowest BCUT2D eigenvalue weighted by Gasteiger charge is -2.14. The number of aryl methyl sites for hydroxylation is 3. The van der Waals surface area contributed by atoms with Gasteiger partial charge in [-0.25, -0.2) is 4.98 Å². The monoisotopic (exact) mass is 478 g/mol. The Hall–Kier alpha value is -3.12. The summed E-state index contributed by atoms with van der Waals surface area (Å²) in [5.74, 6) is 0.835. The Bertz CT molecular complexity index is 1290. The minimum atomic E-state index is -0.244. The number of hydrogen-bond donors (Lipinski definition) is 1. The van der Waals surface area contributed by atoms with Gasteiger partial charge in [-0.3, -0.25) is 4.79 Å². The predicted molar refractivity (Wildman–Crippen MR) is 127 cm³/mol. The van der Waals surface area contributed by atoms with E-state index in [1.165, 1.54) is 5.56 Å². The van der Waals surface area contributed by atoms with Gasteiger partial charge in [0.15, 0.2) is 5.58 Å². The number of amides is 1. The second-order valence-corrected chi connectivity index (χ2v) is 8.38. The van der Waals surface area contributed by atoms with Crippen LogP contribution in [0, 0.1) is 13.8 Å². The Balaban J connectivity index is 1.68. The molecule has 3 aromatic carbocycles. The van der Waals surface area contributed by atoms with Gasteiger partial charge in [0.1, 0.15) is 11.3 Å². The lowest BCUT2D eigenvalue weighted by molar-refractivity contribution is 0.102. The van der Waals surface area contributed by atoms with Crippen LogP contribution in [0.2, 0.25) is 0 Å². The van der Waals surface area contributed by atoms with Crippen LogP contribution in [0.3, 0.4) is 0 Å². The summed E-state index contributed by atoms with van der Waals surface area (Å²) in [7, 11) is 1.57.